The van der Waals surface area contributed by atoms with E-state index in [1.165, 1.54) is 12.1 Å². The highest BCUT2D eigenvalue weighted by atomic mass is 19.1. The zero-order valence-electron chi connectivity index (χ0n) is 14.2. The van der Waals surface area contributed by atoms with Gasteiger partial charge in [0, 0.05) is 11.6 Å². The van der Waals surface area contributed by atoms with Crippen molar-refractivity contribution in [3.63, 3.8) is 0 Å². The van der Waals surface area contributed by atoms with Gasteiger partial charge in [0.2, 0.25) is 5.95 Å². The molecule has 132 valence electrons. The lowest BCUT2D eigenvalue weighted by Gasteiger charge is -2.24. The second-order valence-electron chi connectivity index (χ2n) is 5.72. The molecule has 1 aliphatic heterocycles. The van der Waals surface area contributed by atoms with E-state index in [2.05, 4.69) is 20.8 Å². The van der Waals surface area contributed by atoms with E-state index in [1.807, 2.05) is 24.3 Å². The number of rotatable bonds is 4. The summed E-state index contributed by atoms with van der Waals surface area (Å²) >= 11 is 0. The molecule has 3 aromatic rings. The summed E-state index contributed by atoms with van der Waals surface area (Å²) in [6.07, 6.45) is 1.97. The third kappa shape index (κ3) is 2.75. The zero-order chi connectivity index (χ0) is 18.1. The lowest BCUT2D eigenvalue weighted by molar-refractivity contribution is 0.393. The second kappa shape index (κ2) is 6.47. The summed E-state index contributed by atoms with van der Waals surface area (Å²) in [5.74, 6) is 1.55. The first-order chi connectivity index (χ1) is 12.7. The number of benzene rings is 2. The number of hydrogen-bond donors (Lipinski definition) is 1. The van der Waals surface area contributed by atoms with E-state index >= 15 is 0 Å². The lowest BCUT2D eigenvalue weighted by atomic mass is 10.0. The molecule has 0 bridgehead atoms. The first kappa shape index (κ1) is 16.1. The Hall–Kier alpha value is -3.42. The van der Waals surface area contributed by atoms with Crippen LogP contribution >= 0.6 is 0 Å². The van der Waals surface area contributed by atoms with Crippen molar-refractivity contribution in [3.05, 3.63) is 65.5 Å². The molecule has 2 aromatic carbocycles. The van der Waals surface area contributed by atoms with Gasteiger partial charge in [-0.2, -0.15) is 4.68 Å². The minimum atomic E-state index is -0.291. The maximum Gasteiger partial charge on any atom is 0.248 e. The number of tetrazole rings is 1. The van der Waals surface area contributed by atoms with Gasteiger partial charge in [0.15, 0.2) is 0 Å². The van der Waals surface area contributed by atoms with Crippen molar-refractivity contribution in [1.82, 2.24) is 20.2 Å². The molecule has 1 aliphatic rings. The number of halogens is 1. The average Bonchev–Trinajstić information content (AvgIpc) is 3.16. The highest BCUT2D eigenvalue weighted by Gasteiger charge is 2.25. The molecule has 1 aromatic heterocycles. The second-order valence-corrected chi connectivity index (χ2v) is 5.72. The van der Waals surface area contributed by atoms with Crippen molar-refractivity contribution in [3.8, 4) is 11.5 Å². The summed E-state index contributed by atoms with van der Waals surface area (Å²) in [4.78, 5) is 0. The Labute approximate surface area is 149 Å². The van der Waals surface area contributed by atoms with Gasteiger partial charge < -0.3 is 14.8 Å². The number of anilines is 1. The summed E-state index contributed by atoms with van der Waals surface area (Å²) in [6.45, 7) is 0. The summed E-state index contributed by atoms with van der Waals surface area (Å²) in [5, 5.41) is 15.0. The van der Waals surface area contributed by atoms with E-state index in [-0.39, 0.29) is 11.9 Å². The van der Waals surface area contributed by atoms with E-state index in [1.54, 1.807) is 31.0 Å². The van der Waals surface area contributed by atoms with E-state index in [9.17, 15) is 4.39 Å². The van der Waals surface area contributed by atoms with Crippen molar-refractivity contribution < 1.29 is 13.9 Å². The number of methoxy groups -OCH3 is 2. The molecule has 1 N–H and O–H groups in total. The molecular formula is C18H16FN5O2. The largest absolute Gasteiger partial charge is 0.497 e. The fourth-order valence-electron chi connectivity index (χ4n) is 2.93. The molecule has 1 unspecified atom stereocenters. The summed E-state index contributed by atoms with van der Waals surface area (Å²) < 4.78 is 25.7. The molecule has 0 aliphatic carbocycles. The number of hydrogen-bond acceptors (Lipinski definition) is 6. The van der Waals surface area contributed by atoms with Crippen LogP contribution in [0.4, 0.5) is 10.3 Å². The molecule has 0 saturated heterocycles. The van der Waals surface area contributed by atoms with Gasteiger partial charge in [0.05, 0.1) is 19.9 Å². The third-order valence-corrected chi connectivity index (χ3v) is 4.24. The van der Waals surface area contributed by atoms with Gasteiger partial charge in [-0.1, -0.05) is 17.2 Å². The minimum absolute atomic E-state index is 0.274. The molecule has 0 fully saturated rings. The molecule has 0 saturated carbocycles. The summed E-state index contributed by atoms with van der Waals surface area (Å²) in [6, 6.07) is 11.6. The van der Waals surface area contributed by atoms with Crippen molar-refractivity contribution in [2.24, 2.45) is 0 Å². The molecule has 2 heterocycles. The van der Waals surface area contributed by atoms with Crippen LogP contribution in [0.3, 0.4) is 0 Å². The summed E-state index contributed by atoms with van der Waals surface area (Å²) in [7, 11) is 3.20. The molecule has 4 rings (SSSR count). The van der Waals surface area contributed by atoms with Crippen LogP contribution in [0.2, 0.25) is 0 Å². The average molecular weight is 353 g/mol. The molecule has 0 spiro atoms. The monoisotopic (exact) mass is 353 g/mol. The first-order valence-electron chi connectivity index (χ1n) is 7.94. The van der Waals surface area contributed by atoms with Crippen LogP contribution in [0.15, 0.2) is 48.5 Å². The quantitative estimate of drug-likeness (QED) is 0.777. The zero-order valence-corrected chi connectivity index (χ0v) is 14.2. The standard InChI is InChI=1S/C18H16FN5O2/c1-25-13-7-8-14(17(9-13)26-2)15-10-16(11-3-5-12(19)6-4-11)24-18(20-15)21-22-23-24/h3-10,16H,1-2H3,(H,20,21,23). The smallest absolute Gasteiger partial charge is 0.248 e. The Morgan fingerprint density at radius 2 is 1.88 bits per heavy atom. The van der Waals surface area contributed by atoms with E-state index in [0.29, 0.717) is 17.4 Å². The van der Waals surface area contributed by atoms with Gasteiger partial charge in [-0.15, -0.1) is 0 Å². The maximum absolute atomic E-state index is 13.3. The van der Waals surface area contributed by atoms with E-state index in [0.717, 1.165) is 16.8 Å². The Bertz CT molecular complexity index is 968. The molecule has 8 heteroatoms. The van der Waals surface area contributed by atoms with Gasteiger partial charge in [-0.25, -0.2) is 4.39 Å². The topological polar surface area (TPSA) is 74.1 Å². The number of fused-ring (bicyclic) bond motifs is 1. The fourth-order valence-corrected chi connectivity index (χ4v) is 2.93. The van der Waals surface area contributed by atoms with Gasteiger partial charge in [0.25, 0.3) is 0 Å². The number of nitrogens with one attached hydrogen (secondary N) is 1. The highest BCUT2D eigenvalue weighted by molar-refractivity contribution is 5.80. The van der Waals surface area contributed by atoms with Crippen LogP contribution in [-0.2, 0) is 0 Å². The number of nitrogens with zero attached hydrogens (tertiary/aromatic N) is 4. The van der Waals surface area contributed by atoms with Crippen LogP contribution < -0.4 is 14.8 Å². The maximum atomic E-state index is 13.3. The van der Waals surface area contributed by atoms with Gasteiger partial charge >= 0.3 is 0 Å². The highest BCUT2D eigenvalue weighted by Crippen LogP contribution is 2.36. The molecular weight excluding hydrogens is 337 g/mol. The minimum Gasteiger partial charge on any atom is -0.497 e. The lowest BCUT2D eigenvalue weighted by Crippen LogP contribution is -2.20. The number of allylic oxidation sites excluding steroid dienone is 1. The Kier molecular flexibility index (Phi) is 4.00. The van der Waals surface area contributed by atoms with Crippen molar-refractivity contribution >= 4 is 11.6 Å². The number of ether oxygens (including phenoxy) is 2. The van der Waals surface area contributed by atoms with Crippen molar-refractivity contribution in [2.45, 2.75) is 6.04 Å². The van der Waals surface area contributed by atoms with Crippen molar-refractivity contribution in [1.29, 1.82) is 0 Å². The van der Waals surface area contributed by atoms with E-state index in [4.69, 9.17) is 9.47 Å². The Balaban J connectivity index is 1.81. The van der Waals surface area contributed by atoms with Crippen LogP contribution in [0, 0.1) is 5.82 Å². The molecule has 26 heavy (non-hydrogen) atoms. The van der Waals surface area contributed by atoms with Crippen LogP contribution in [0.5, 0.6) is 11.5 Å². The first-order valence-corrected chi connectivity index (χ1v) is 7.94. The normalized spacial score (nSPS) is 15.7. The van der Waals surface area contributed by atoms with Gasteiger partial charge in [-0.3, -0.25) is 0 Å². The summed E-state index contributed by atoms with van der Waals surface area (Å²) in [5.41, 5.74) is 2.50. The third-order valence-electron chi connectivity index (χ3n) is 4.24. The molecule has 7 nitrogen and oxygen atoms in total. The van der Waals surface area contributed by atoms with Crippen LogP contribution in [-0.4, -0.2) is 34.4 Å². The van der Waals surface area contributed by atoms with Crippen molar-refractivity contribution in [2.75, 3.05) is 19.5 Å². The van der Waals surface area contributed by atoms with Crippen LogP contribution in [0.1, 0.15) is 17.2 Å². The van der Waals surface area contributed by atoms with Crippen LogP contribution in [0.25, 0.3) is 5.70 Å². The van der Waals surface area contributed by atoms with E-state index < -0.39 is 0 Å². The van der Waals surface area contributed by atoms with Gasteiger partial charge in [0.1, 0.15) is 23.4 Å². The molecule has 0 radical (unpaired) electrons. The Morgan fingerprint density at radius 3 is 2.62 bits per heavy atom. The molecule has 1 atom stereocenters. The number of aromatic nitrogens is 4. The predicted molar refractivity (Wildman–Crippen MR) is 93.5 cm³/mol. The Morgan fingerprint density at radius 1 is 1.08 bits per heavy atom. The SMILES string of the molecule is COc1ccc(C2=CC(c3ccc(F)cc3)n3nnnc3N2)c(OC)c1. The predicted octanol–water partition coefficient (Wildman–Crippen LogP) is 2.89. The fraction of sp³-hybridized carbons (Fsp3) is 0.167. The van der Waals surface area contributed by atoms with Gasteiger partial charge in [-0.05, 0) is 46.3 Å². The molecule has 0 amide bonds.